The topological polar surface area (TPSA) is 41.8 Å². The zero-order chi connectivity index (χ0) is 17.2. The molecule has 0 spiro atoms. The number of piperazine rings is 1. The molecule has 0 bridgehead atoms. The van der Waals surface area contributed by atoms with Gasteiger partial charge in [-0.15, -0.1) is 0 Å². The summed E-state index contributed by atoms with van der Waals surface area (Å²) in [5.41, 5.74) is 5.68. The summed E-state index contributed by atoms with van der Waals surface area (Å²) in [5, 5.41) is 3.42. The van der Waals surface area contributed by atoms with Crippen LogP contribution in [0.4, 0.5) is 0 Å². The fourth-order valence-corrected chi connectivity index (χ4v) is 3.41. The first-order valence-electron chi connectivity index (χ1n) is 8.80. The molecule has 1 fully saturated rings. The first kappa shape index (κ1) is 16.1. The van der Waals surface area contributed by atoms with Gasteiger partial charge in [0.05, 0.1) is 18.5 Å². The molecule has 0 unspecified atom stereocenters. The molecule has 1 N–H and O–H groups in total. The van der Waals surface area contributed by atoms with E-state index in [-0.39, 0.29) is 0 Å². The Bertz CT molecular complexity index is 863. The number of aryl methyl sites for hydroxylation is 1. The van der Waals surface area contributed by atoms with Gasteiger partial charge in [0.2, 0.25) is 0 Å². The van der Waals surface area contributed by atoms with Crippen LogP contribution in [0.2, 0.25) is 0 Å². The highest BCUT2D eigenvalue weighted by Gasteiger charge is 2.18. The van der Waals surface area contributed by atoms with E-state index in [4.69, 9.17) is 9.72 Å². The van der Waals surface area contributed by atoms with Crippen LogP contribution in [0.25, 0.3) is 16.9 Å². The van der Waals surface area contributed by atoms with Crippen molar-refractivity contribution < 1.29 is 4.74 Å². The first-order valence-corrected chi connectivity index (χ1v) is 8.80. The van der Waals surface area contributed by atoms with Gasteiger partial charge in [-0.1, -0.05) is 0 Å². The summed E-state index contributed by atoms with van der Waals surface area (Å²) in [6.07, 6.45) is 2.14. The lowest BCUT2D eigenvalue weighted by molar-refractivity contribution is 0.230. The summed E-state index contributed by atoms with van der Waals surface area (Å²) in [6, 6.07) is 12.5. The maximum atomic E-state index is 5.29. The van der Waals surface area contributed by atoms with Crippen molar-refractivity contribution >= 4 is 5.65 Å². The summed E-state index contributed by atoms with van der Waals surface area (Å²) >= 11 is 0. The van der Waals surface area contributed by atoms with E-state index in [1.807, 2.05) is 12.1 Å². The molecule has 3 aromatic rings. The summed E-state index contributed by atoms with van der Waals surface area (Å²) in [4.78, 5) is 7.44. The van der Waals surface area contributed by atoms with Gasteiger partial charge >= 0.3 is 0 Å². The predicted octanol–water partition coefficient (Wildman–Crippen LogP) is 2.72. The maximum absolute atomic E-state index is 5.29. The monoisotopic (exact) mass is 336 g/mol. The van der Waals surface area contributed by atoms with Crippen molar-refractivity contribution in [2.45, 2.75) is 13.5 Å². The molecule has 0 aliphatic carbocycles. The van der Waals surface area contributed by atoms with E-state index >= 15 is 0 Å². The molecule has 1 aliphatic rings. The average molecular weight is 336 g/mol. The Morgan fingerprint density at radius 1 is 1.12 bits per heavy atom. The van der Waals surface area contributed by atoms with E-state index in [0.29, 0.717) is 0 Å². The first-order chi connectivity index (χ1) is 12.2. The Kier molecular flexibility index (Phi) is 4.42. The Labute approximate surface area is 148 Å². The molecule has 0 atom stereocenters. The van der Waals surface area contributed by atoms with Crippen LogP contribution < -0.4 is 10.1 Å². The zero-order valence-corrected chi connectivity index (χ0v) is 14.8. The minimum Gasteiger partial charge on any atom is -0.497 e. The number of nitrogens with zero attached hydrogens (tertiary/aromatic N) is 3. The third-order valence-corrected chi connectivity index (χ3v) is 4.83. The normalized spacial score (nSPS) is 15.6. The molecule has 5 nitrogen and oxygen atoms in total. The van der Waals surface area contributed by atoms with Gasteiger partial charge in [-0.05, 0) is 48.9 Å². The zero-order valence-electron chi connectivity index (χ0n) is 14.8. The lowest BCUT2D eigenvalue weighted by atomic mass is 10.1. The van der Waals surface area contributed by atoms with Crippen molar-refractivity contribution in [3.8, 4) is 17.0 Å². The fraction of sp³-hybridized carbons (Fsp3) is 0.350. The third kappa shape index (κ3) is 3.25. The summed E-state index contributed by atoms with van der Waals surface area (Å²) in [7, 11) is 1.69. The smallest absolute Gasteiger partial charge is 0.137 e. The van der Waals surface area contributed by atoms with Crippen LogP contribution in [-0.4, -0.2) is 47.6 Å². The van der Waals surface area contributed by atoms with Gasteiger partial charge < -0.3 is 14.5 Å². The molecule has 0 saturated carbocycles. The molecule has 5 heteroatoms. The highest BCUT2D eigenvalue weighted by Crippen LogP contribution is 2.27. The van der Waals surface area contributed by atoms with Crippen LogP contribution in [-0.2, 0) is 6.54 Å². The second-order valence-corrected chi connectivity index (χ2v) is 6.59. The van der Waals surface area contributed by atoms with Crippen molar-refractivity contribution in [1.82, 2.24) is 19.6 Å². The van der Waals surface area contributed by atoms with Crippen LogP contribution in [0, 0.1) is 6.92 Å². The van der Waals surface area contributed by atoms with Crippen molar-refractivity contribution in [3.05, 3.63) is 53.9 Å². The van der Waals surface area contributed by atoms with Gasteiger partial charge in [0.25, 0.3) is 0 Å². The van der Waals surface area contributed by atoms with Gasteiger partial charge in [-0.3, -0.25) is 4.90 Å². The number of ether oxygens (including phenoxy) is 1. The number of benzene rings is 1. The number of nitrogens with one attached hydrogen (secondary N) is 1. The average Bonchev–Trinajstić information content (AvgIpc) is 3.00. The van der Waals surface area contributed by atoms with Crippen LogP contribution in [0.15, 0.2) is 42.6 Å². The molecule has 3 heterocycles. The fourth-order valence-electron chi connectivity index (χ4n) is 3.41. The van der Waals surface area contributed by atoms with Crippen molar-refractivity contribution in [2.24, 2.45) is 0 Å². The van der Waals surface area contributed by atoms with E-state index in [1.165, 1.54) is 11.3 Å². The van der Waals surface area contributed by atoms with Crippen molar-refractivity contribution in [1.29, 1.82) is 0 Å². The van der Waals surface area contributed by atoms with Crippen LogP contribution in [0.1, 0.15) is 11.3 Å². The van der Waals surface area contributed by atoms with E-state index in [0.717, 1.165) is 55.4 Å². The largest absolute Gasteiger partial charge is 0.497 e. The summed E-state index contributed by atoms with van der Waals surface area (Å²) in [6.45, 7) is 7.26. The van der Waals surface area contributed by atoms with E-state index in [1.54, 1.807) is 7.11 Å². The molecule has 0 radical (unpaired) electrons. The Morgan fingerprint density at radius 2 is 1.88 bits per heavy atom. The Morgan fingerprint density at radius 3 is 2.60 bits per heavy atom. The number of fused-ring (bicyclic) bond motifs is 1. The predicted molar refractivity (Wildman–Crippen MR) is 100 cm³/mol. The minimum atomic E-state index is 0.868. The standard InChI is InChI=1S/C20H24N4O/c1-15-7-10-24-18(14-23-11-8-21-9-12-23)20(22-19(24)13-15)16-3-5-17(25-2)6-4-16/h3-7,10,13,21H,8-9,11-12,14H2,1-2H3. The second-order valence-electron chi connectivity index (χ2n) is 6.59. The Balaban J connectivity index is 1.78. The van der Waals surface area contributed by atoms with Crippen molar-refractivity contribution in [2.75, 3.05) is 33.3 Å². The number of hydrogen-bond donors (Lipinski definition) is 1. The number of aromatic nitrogens is 2. The quantitative estimate of drug-likeness (QED) is 0.795. The summed E-state index contributed by atoms with van der Waals surface area (Å²) in [5.74, 6) is 0.868. The molecule has 2 aromatic heterocycles. The minimum absolute atomic E-state index is 0.868. The lowest BCUT2D eigenvalue weighted by Gasteiger charge is -2.27. The van der Waals surface area contributed by atoms with Gasteiger partial charge in [-0.2, -0.15) is 0 Å². The maximum Gasteiger partial charge on any atom is 0.137 e. The van der Waals surface area contributed by atoms with Gasteiger partial charge in [0.1, 0.15) is 11.4 Å². The number of methoxy groups -OCH3 is 1. The van der Waals surface area contributed by atoms with Gasteiger partial charge in [0.15, 0.2) is 0 Å². The van der Waals surface area contributed by atoms with Crippen LogP contribution in [0.5, 0.6) is 5.75 Å². The summed E-state index contributed by atoms with van der Waals surface area (Å²) < 4.78 is 7.52. The molecule has 0 amide bonds. The molecule has 130 valence electrons. The van der Waals surface area contributed by atoms with Gasteiger partial charge in [0, 0.05) is 44.5 Å². The van der Waals surface area contributed by atoms with E-state index < -0.39 is 0 Å². The molecule has 25 heavy (non-hydrogen) atoms. The van der Waals surface area contributed by atoms with Crippen LogP contribution >= 0.6 is 0 Å². The highest BCUT2D eigenvalue weighted by atomic mass is 16.5. The van der Waals surface area contributed by atoms with Gasteiger partial charge in [-0.25, -0.2) is 4.98 Å². The number of pyridine rings is 1. The lowest BCUT2D eigenvalue weighted by Crippen LogP contribution is -2.43. The third-order valence-electron chi connectivity index (χ3n) is 4.83. The SMILES string of the molecule is COc1ccc(-c2nc3cc(C)ccn3c2CN2CCNCC2)cc1. The van der Waals surface area contributed by atoms with E-state index in [2.05, 4.69) is 52.0 Å². The second kappa shape index (κ2) is 6.86. The van der Waals surface area contributed by atoms with E-state index in [9.17, 15) is 0 Å². The molecule has 1 aliphatic heterocycles. The number of hydrogen-bond acceptors (Lipinski definition) is 4. The molecular formula is C20H24N4O. The highest BCUT2D eigenvalue weighted by molar-refractivity contribution is 5.67. The number of rotatable bonds is 4. The molecular weight excluding hydrogens is 312 g/mol. The van der Waals surface area contributed by atoms with Crippen LogP contribution in [0.3, 0.4) is 0 Å². The number of imidazole rings is 1. The molecule has 1 aromatic carbocycles. The Hall–Kier alpha value is -2.37. The molecule has 4 rings (SSSR count). The van der Waals surface area contributed by atoms with Crippen molar-refractivity contribution in [3.63, 3.8) is 0 Å². The molecule has 1 saturated heterocycles.